The van der Waals surface area contributed by atoms with Crippen molar-refractivity contribution in [2.24, 2.45) is 0 Å². The summed E-state index contributed by atoms with van der Waals surface area (Å²) in [4.78, 5) is 0. The Morgan fingerprint density at radius 2 is 2.25 bits per heavy atom. The summed E-state index contributed by atoms with van der Waals surface area (Å²) in [5, 5.41) is 9.90. The van der Waals surface area contributed by atoms with Crippen molar-refractivity contribution in [2.75, 3.05) is 13.6 Å². The number of hydrogen-bond donors (Lipinski definition) is 2. The van der Waals surface area contributed by atoms with Crippen LogP contribution in [0.5, 0.6) is 0 Å². The van der Waals surface area contributed by atoms with Crippen LogP contribution >= 0.6 is 0 Å². The lowest BCUT2D eigenvalue weighted by Crippen LogP contribution is -2.04. The SMILES string of the molecule is CNCC#Cc1c(C)n[nH]c1C. The predicted molar refractivity (Wildman–Crippen MR) is 48.9 cm³/mol. The number of H-pyrrole nitrogens is 1. The summed E-state index contributed by atoms with van der Waals surface area (Å²) in [7, 11) is 1.88. The second kappa shape index (κ2) is 3.93. The smallest absolute Gasteiger partial charge is 0.0750 e. The first-order valence-corrected chi connectivity index (χ1v) is 3.90. The largest absolute Gasteiger partial charge is 0.309 e. The summed E-state index contributed by atoms with van der Waals surface area (Å²) < 4.78 is 0. The molecule has 0 radical (unpaired) electrons. The summed E-state index contributed by atoms with van der Waals surface area (Å²) in [5.41, 5.74) is 3.03. The molecule has 0 amide bonds. The van der Waals surface area contributed by atoms with E-state index in [0.717, 1.165) is 17.0 Å². The Balaban J connectivity index is 2.82. The van der Waals surface area contributed by atoms with E-state index in [4.69, 9.17) is 0 Å². The minimum atomic E-state index is 0.712. The first kappa shape index (κ1) is 8.82. The Bertz CT molecular complexity index is 295. The van der Waals surface area contributed by atoms with E-state index in [1.165, 1.54) is 0 Å². The van der Waals surface area contributed by atoms with Crippen molar-refractivity contribution in [3.8, 4) is 11.8 Å². The van der Waals surface area contributed by atoms with Gasteiger partial charge in [0.05, 0.1) is 17.8 Å². The molecule has 0 fully saturated rings. The maximum Gasteiger partial charge on any atom is 0.0750 e. The first-order chi connectivity index (χ1) is 5.75. The third-order valence-electron chi connectivity index (χ3n) is 1.61. The third-order valence-corrected chi connectivity index (χ3v) is 1.61. The Labute approximate surface area is 72.6 Å². The molecule has 0 aliphatic heterocycles. The predicted octanol–water partition coefficient (Wildman–Crippen LogP) is 0.597. The fourth-order valence-electron chi connectivity index (χ4n) is 0.956. The molecule has 12 heavy (non-hydrogen) atoms. The molecule has 3 heteroatoms. The second-order valence-electron chi connectivity index (χ2n) is 2.64. The number of aryl methyl sites for hydroxylation is 2. The van der Waals surface area contributed by atoms with Crippen LogP contribution in [0.4, 0.5) is 0 Å². The molecule has 0 aliphatic carbocycles. The van der Waals surface area contributed by atoms with E-state index < -0.39 is 0 Å². The molecule has 0 aromatic carbocycles. The van der Waals surface area contributed by atoms with E-state index >= 15 is 0 Å². The Morgan fingerprint density at radius 3 is 2.75 bits per heavy atom. The van der Waals surface area contributed by atoms with Crippen molar-refractivity contribution in [1.82, 2.24) is 15.5 Å². The van der Waals surface area contributed by atoms with Crippen molar-refractivity contribution < 1.29 is 0 Å². The van der Waals surface area contributed by atoms with Crippen LogP contribution in [0.1, 0.15) is 17.0 Å². The number of aromatic amines is 1. The third kappa shape index (κ3) is 1.86. The van der Waals surface area contributed by atoms with Gasteiger partial charge in [0.15, 0.2) is 0 Å². The lowest BCUT2D eigenvalue weighted by molar-refractivity contribution is 0.938. The zero-order valence-corrected chi connectivity index (χ0v) is 7.65. The topological polar surface area (TPSA) is 40.7 Å². The number of nitrogens with one attached hydrogen (secondary N) is 2. The fraction of sp³-hybridized carbons (Fsp3) is 0.444. The van der Waals surface area contributed by atoms with Gasteiger partial charge in [-0.1, -0.05) is 11.8 Å². The van der Waals surface area contributed by atoms with E-state index in [0.29, 0.717) is 6.54 Å². The highest BCUT2D eigenvalue weighted by Gasteiger charge is 2.00. The van der Waals surface area contributed by atoms with Gasteiger partial charge in [-0.25, -0.2) is 0 Å². The number of aromatic nitrogens is 2. The summed E-state index contributed by atoms with van der Waals surface area (Å²) in [5.74, 6) is 6.05. The van der Waals surface area contributed by atoms with E-state index in [9.17, 15) is 0 Å². The van der Waals surface area contributed by atoms with Gasteiger partial charge in [0, 0.05) is 5.69 Å². The Morgan fingerprint density at radius 1 is 1.50 bits per heavy atom. The van der Waals surface area contributed by atoms with Crippen LogP contribution in [0.2, 0.25) is 0 Å². The molecule has 1 heterocycles. The second-order valence-corrected chi connectivity index (χ2v) is 2.64. The summed E-state index contributed by atoms with van der Waals surface area (Å²) in [6.07, 6.45) is 0. The molecule has 0 atom stereocenters. The van der Waals surface area contributed by atoms with Gasteiger partial charge in [0.1, 0.15) is 0 Å². The van der Waals surface area contributed by atoms with E-state index in [1.807, 2.05) is 20.9 Å². The number of rotatable bonds is 1. The lowest BCUT2D eigenvalue weighted by Gasteiger charge is -1.87. The Hall–Kier alpha value is -1.27. The molecule has 3 nitrogen and oxygen atoms in total. The van der Waals surface area contributed by atoms with Gasteiger partial charge in [-0.3, -0.25) is 5.10 Å². The molecule has 0 saturated carbocycles. The van der Waals surface area contributed by atoms with Crippen LogP contribution < -0.4 is 5.32 Å². The van der Waals surface area contributed by atoms with Crippen molar-refractivity contribution in [3.05, 3.63) is 17.0 Å². The van der Waals surface area contributed by atoms with Crippen LogP contribution in [0.25, 0.3) is 0 Å². The van der Waals surface area contributed by atoms with Crippen LogP contribution in [-0.4, -0.2) is 23.8 Å². The highest BCUT2D eigenvalue weighted by Crippen LogP contribution is 2.05. The van der Waals surface area contributed by atoms with Crippen LogP contribution in [-0.2, 0) is 0 Å². The van der Waals surface area contributed by atoms with Gasteiger partial charge < -0.3 is 5.32 Å². The standard InChI is InChI=1S/C9H13N3/c1-7-9(5-4-6-10-3)8(2)12-11-7/h10H,6H2,1-3H3,(H,11,12). The van der Waals surface area contributed by atoms with Crippen LogP contribution in [0.3, 0.4) is 0 Å². The minimum Gasteiger partial charge on any atom is -0.309 e. The van der Waals surface area contributed by atoms with Crippen molar-refractivity contribution in [1.29, 1.82) is 0 Å². The first-order valence-electron chi connectivity index (χ1n) is 3.90. The highest BCUT2D eigenvalue weighted by atomic mass is 15.1. The fourth-order valence-corrected chi connectivity index (χ4v) is 0.956. The summed E-state index contributed by atoms with van der Waals surface area (Å²) in [6, 6.07) is 0. The van der Waals surface area contributed by atoms with Crippen LogP contribution in [0, 0.1) is 25.7 Å². The van der Waals surface area contributed by atoms with Crippen molar-refractivity contribution >= 4 is 0 Å². The lowest BCUT2D eigenvalue weighted by atomic mass is 10.2. The van der Waals surface area contributed by atoms with E-state index in [1.54, 1.807) is 0 Å². The number of hydrogen-bond acceptors (Lipinski definition) is 2. The molecule has 2 N–H and O–H groups in total. The van der Waals surface area contributed by atoms with Gasteiger partial charge in [-0.05, 0) is 20.9 Å². The zero-order chi connectivity index (χ0) is 8.97. The van der Waals surface area contributed by atoms with Crippen molar-refractivity contribution in [3.63, 3.8) is 0 Å². The van der Waals surface area contributed by atoms with E-state index in [2.05, 4.69) is 27.4 Å². The summed E-state index contributed by atoms with van der Waals surface area (Å²) >= 11 is 0. The summed E-state index contributed by atoms with van der Waals surface area (Å²) in [6.45, 7) is 4.64. The molecule has 1 aromatic heterocycles. The molecule has 0 bridgehead atoms. The molecule has 0 unspecified atom stereocenters. The Kier molecular flexibility index (Phi) is 2.89. The molecular formula is C9H13N3. The average molecular weight is 163 g/mol. The molecular weight excluding hydrogens is 150 g/mol. The normalized spacial score (nSPS) is 9.25. The molecule has 0 saturated heterocycles. The van der Waals surface area contributed by atoms with Gasteiger partial charge in [-0.2, -0.15) is 5.10 Å². The van der Waals surface area contributed by atoms with Gasteiger partial charge >= 0.3 is 0 Å². The quantitative estimate of drug-likeness (QED) is 0.595. The minimum absolute atomic E-state index is 0.712. The van der Waals surface area contributed by atoms with Crippen molar-refractivity contribution in [2.45, 2.75) is 13.8 Å². The monoisotopic (exact) mass is 163 g/mol. The molecule has 0 aliphatic rings. The molecule has 0 spiro atoms. The molecule has 1 aromatic rings. The maximum absolute atomic E-state index is 4.05. The van der Waals surface area contributed by atoms with Crippen LogP contribution in [0.15, 0.2) is 0 Å². The van der Waals surface area contributed by atoms with Gasteiger partial charge in [-0.15, -0.1) is 0 Å². The highest BCUT2D eigenvalue weighted by molar-refractivity contribution is 5.40. The molecule has 64 valence electrons. The van der Waals surface area contributed by atoms with Gasteiger partial charge in [0.2, 0.25) is 0 Å². The molecule has 1 rings (SSSR count). The van der Waals surface area contributed by atoms with Gasteiger partial charge in [0.25, 0.3) is 0 Å². The zero-order valence-electron chi connectivity index (χ0n) is 7.65. The maximum atomic E-state index is 4.05. The van der Waals surface area contributed by atoms with E-state index in [-0.39, 0.29) is 0 Å². The average Bonchev–Trinajstić information content (AvgIpc) is 2.35. The number of nitrogens with zero attached hydrogens (tertiary/aromatic N) is 1.